The molecule has 4 N–H and O–H groups in total. The average molecular weight is 779 g/mol. The number of carbonyl (C=O) groups excluding carboxylic acids is 4. The number of likely N-dealkylation sites (tertiary alicyclic amines) is 2. The third-order valence-electron chi connectivity index (χ3n) is 11.0. The zero-order valence-corrected chi connectivity index (χ0v) is 33.1. The molecule has 4 amide bonds. The Kier molecular flexibility index (Phi) is 11.4. The maximum absolute atomic E-state index is 13.6. The van der Waals surface area contributed by atoms with Crippen molar-refractivity contribution in [3.05, 3.63) is 72.6 Å². The molecule has 0 radical (unpaired) electrons. The van der Waals surface area contributed by atoms with Gasteiger partial charge in [-0.3, -0.25) is 9.59 Å². The molecule has 0 aliphatic carbocycles. The van der Waals surface area contributed by atoms with Crippen molar-refractivity contribution in [2.45, 2.75) is 77.5 Å². The number of aromatic amines is 2. The maximum atomic E-state index is 13.6. The van der Waals surface area contributed by atoms with Crippen molar-refractivity contribution in [2.24, 2.45) is 11.8 Å². The van der Waals surface area contributed by atoms with E-state index in [-0.39, 0.29) is 35.7 Å². The lowest BCUT2D eigenvalue weighted by Crippen LogP contribution is -2.51. The summed E-state index contributed by atoms with van der Waals surface area (Å²) in [5.41, 5.74) is 5.20. The molecule has 1 unspecified atom stereocenters. The lowest BCUT2D eigenvalue weighted by atomic mass is 10.0. The summed E-state index contributed by atoms with van der Waals surface area (Å²) in [5, 5.41) is 6.32. The molecule has 57 heavy (non-hydrogen) atoms. The van der Waals surface area contributed by atoms with E-state index in [2.05, 4.69) is 36.6 Å². The molecule has 7 rings (SSSR count). The first kappa shape index (κ1) is 39.1. The molecular formula is C42H50N8O7. The quantitative estimate of drug-likeness (QED) is 0.110. The van der Waals surface area contributed by atoms with Crippen molar-refractivity contribution in [3.8, 4) is 33.8 Å². The van der Waals surface area contributed by atoms with Crippen molar-refractivity contribution >= 4 is 35.0 Å². The molecule has 2 aliphatic rings. The van der Waals surface area contributed by atoms with Crippen LogP contribution in [0.2, 0.25) is 0 Å². The number of hydrogen-bond acceptors (Lipinski definition) is 9. The number of aromatic nitrogens is 4. The van der Waals surface area contributed by atoms with Gasteiger partial charge in [0.1, 0.15) is 35.1 Å². The van der Waals surface area contributed by atoms with Crippen molar-refractivity contribution in [1.29, 1.82) is 0 Å². The first-order chi connectivity index (χ1) is 27.4. The number of nitrogens with zero attached hydrogens (tertiary/aromatic N) is 4. The minimum Gasteiger partial charge on any atom is -0.456 e. The number of hydrogen-bond donors (Lipinski definition) is 4. The lowest BCUT2D eigenvalue weighted by Gasteiger charge is -2.30. The van der Waals surface area contributed by atoms with Crippen LogP contribution < -0.4 is 10.6 Å². The van der Waals surface area contributed by atoms with Crippen LogP contribution in [-0.4, -0.2) is 93.1 Å². The molecule has 0 spiro atoms. The molecule has 5 aromatic rings. The van der Waals surface area contributed by atoms with E-state index in [0.717, 1.165) is 70.5 Å². The van der Waals surface area contributed by atoms with Gasteiger partial charge in [0.2, 0.25) is 11.8 Å². The van der Waals surface area contributed by atoms with E-state index in [1.54, 1.807) is 22.2 Å². The van der Waals surface area contributed by atoms with Gasteiger partial charge in [0.25, 0.3) is 0 Å². The molecule has 3 aromatic heterocycles. The van der Waals surface area contributed by atoms with E-state index in [1.807, 2.05) is 70.2 Å². The van der Waals surface area contributed by atoms with Gasteiger partial charge in [-0.25, -0.2) is 19.6 Å². The number of fused-ring (bicyclic) bond motifs is 1. The first-order valence-corrected chi connectivity index (χ1v) is 19.5. The number of H-pyrrole nitrogens is 2. The number of benzene rings is 2. The fraction of sp³-hybridized carbons (Fsp3) is 0.429. The van der Waals surface area contributed by atoms with Crippen molar-refractivity contribution in [2.75, 3.05) is 27.3 Å². The standard InChI is InChI=1S/C42H50N8O7/c1-23(2)35(47-41(53)55-5)39(51)49-17-7-9-31(49)37-43-21-29(45-37)25-11-13-26(14-12-25)34-20-28-19-27(15-16-33(28)57-34)30-22-44-38(46-30)32-10-8-18-50(32)40(52)36(24(3)4)48-42(54)56-6/h11-16,19-24,31-32,35-36H,7-10,17-18H2,1-6H3,(H,43,45)(H,44,46)(H,47,53)(H,48,54)/t31-,32-,35-,36?/m0/s1. The Morgan fingerprint density at radius 2 is 1.18 bits per heavy atom. The molecule has 15 heteroatoms. The second-order valence-corrected chi connectivity index (χ2v) is 15.4. The molecule has 0 bridgehead atoms. The number of ether oxygens (including phenoxy) is 2. The van der Waals surface area contributed by atoms with Crippen LogP contribution >= 0.6 is 0 Å². The van der Waals surface area contributed by atoms with Crippen LogP contribution in [0.1, 0.15) is 77.1 Å². The van der Waals surface area contributed by atoms with Gasteiger partial charge in [0.05, 0.1) is 50.1 Å². The van der Waals surface area contributed by atoms with E-state index in [0.29, 0.717) is 24.7 Å². The molecule has 15 nitrogen and oxygen atoms in total. The fourth-order valence-electron chi connectivity index (χ4n) is 7.86. The summed E-state index contributed by atoms with van der Waals surface area (Å²) in [6, 6.07) is 14.2. The van der Waals surface area contributed by atoms with Gasteiger partial charge in [-0.05, 0) is 67.3 Å². The number of methoxy groups -OCH3 is 2. The van der Waals surface area contributed by atoms with Crippen LogP contribution in [0.4, 0.5) is 9.59 Å². The van der Waals surface area contributed by atoms with E-state index >= 15 is 0 Å². The van der Waals surface area contributed by atoms with Crippen LogP contribution in [0.15, 0.2) is 65.3 Å². The SMILES string of the molecule is COC(=O)NC(C(=O)N1CCC[C@H]1c1ncc(-c2ccc3oc(-c4ccc(-c5cnc([C@@H]6CCCN6C(=O)[C@@H](NC(=O)OC)C(C)C)[nH]5)cc4)cc3c2)[nH]1)C(C)C. The number of imidazole rings is 2. The van der Waals surface area contributed by atoms with Gasteiger partial charge < -0.3 is 44.3 Å². The second kappa shape index (κ2) is 16.5. The summed E-state index contributed by atoms with van der Waals surface area (Å²) in [5.74, 6) is 1.61. The van der Waals surface area contributed by atoms with E-state index in [1.165, 1.54) is 14.2 Å². The van der Waals surface area contributed by atoms with E-state index in [4.69, 9.17) is 13.9 Å². The molecule has 2 aromatic carbocycles. The summed E-state index contributed by atoms with van der Waals surface area (Å²) in [4.78, 5) is 70.9. The van der Waals surface area contributed by atoms with E-state index < -0.39 is 24.3 Å². The molecule has 5 heterocycles. The predicted molar refractivity (Wildman–Crippen MR) is 213 cm³/mol. The van der Waals surface area contributed by atoms with Crippen LogP contribution in [0.3, 0.4) is 0 Å². The third-order valence-corrected chi connectivity index (χ3v) is 11.0. The molecule has 0 saturated carbocycles. The molecular weight excluding hydrogens is 729 g/mol. The Morgan fingerprint density at radius 1 is 0.702 bits per heavy atom. The summed E-state index contributed by atoms with van der Waals surface area (Å²) in [6.45, 7) is 8.75. The monoisotopic (exact) mass is 778 g/mol. The Labute approximate surface area is 330 Å². The van der Waals surface area contributed by atoms with Crippen LogP contribution in [0.25, 0.3) is 44.8 Å². The van der Waals surface area contributed by atoms with Crippen LogP contribution in [0, 0.1) is 11.8 Å². The van der Waals surface area contributed by atoms with Gasteiger partial charge in [0.15, 0.2) is 0 Å². The smallest absolute Gasteiger partial charge is 0.407 e. The van der Waals surface area contributed by atoms with Crippen molar-refractivity contribution in [1.82, 2.24) is 40.4 Å². The number of furan rings is 1. The molecule has 300 valence electrons. The highest BCUT2D eigenvalue weighted by Crippen LogP contribution is 2.36. The normalized spacial score (nSPS) is 18.0. The third kappa shape index (κ3) is 8.09. The number of rotatable bonds is 11. The maximum Gasteiger partial charge on any atom is 0.407 e. The average Bonchev–Trinajstić information content (AvgIpc) is 4.06. The highest BCUT2D eigenvalue weighted by molar-refractivity contribution is 5.88. The van der Waals surface area contributed by atoms with Gasteiger partial charge in [-0.15, -0.1) is 0 Å². The minimum atomic E-state index is -0.700. The Bertz CT molecular complexity index is 2240. The van der Waals surface area contributed by atoms with Gasteiger partial charge in [-0.2, -0.15) is 0 Å². The summed E-state index contributed by atoms with van der Waals surface area (Å²) in [6.07, 6.45) is 5.53. The van der Waals surface area contributed by atoms with Gasteiger partial charge in [0, 0.05) is 29.6 Å². The summed E-state index contributed by atoms with van der Waals surface area (Å²) in [7, 11) is 2.57. The van der Waals surface area contributed by atoms with Gasteiger partial charge >= 0.3 is 12.2 Å². The minimum absolute atomic E-state index is 0.113. The van der Waals surface area contributed by atoms with Crippen LogP contribution in [0.5, 0.6) is 0 Å². The highest BCUT2D eigenvalue weighted by Gasteiger charge is 2.39. The van der Waals surface area contributed by atoms with Crippen LogP contribution in [-0.2, 0) is 19.1 Å². The van der Waals surface area contributed by atoms with Crippen molar-refractivity contribution < 1.29 is 33.1 Å². The zero-order valence-electron chi connectivity index (χ0n) is 33.1. The first-order valence-electron chi connectivity index (χ1n) is 19.5. The molecule has 4 atom stereocenters. The Balaban J connectivity index is 1.03. The predicted octanol–water partition coefficient (Wildman–Crippen LogP) is 6.97. The molecule has 2 saturated heterocycles. The number of alkyl carbamates (subject to hydrolysis) is 2. The zero-order chi connectivity index (χ0) is 40.4. The summed E-state index contributed by atoms with van der Waals surface area (Å²) < 4.78 is 15.8. The highest BCUT2D eigenvalue weighted by atomic mass is 16.5. The Hall–Kier alpha value is -6.12. The van der Waals surface area contributed by atoms with E-state index in [9.17, 15) is 19.2 Å². The molecule has 2 aliphatic heterocycles. The largest absolute Gasteiger partial charge is 0.456 e. The topological polar surface area (TPSA) is 188 Å². The fourth-order valence-corrected chi connectivity index (χ4v) is 7.86. The number of amides is 4. The Morgan fingerprint density at radius 3 is 1.67 bits per heavy atom. The lowest BCUT2D eigenvalue weighted by molar-refractivity contribution is -0.136. The summed E-state index contributed by atoms with van der Waals surface area (Å²) >= 11 is 0. The number of nitrogens with one attached hydrogen (secondary N) is 4. The van der Waals surface area contributed by atoms with Gasteiger partial charge in [-0.1, -0.05) is 52.0 Å². The number of carbonyl (C=O) groups is 4. The molecule has 2 fully saturated rings. The van der Waals surface area contributed by atoms with Crippen molar-refractivity contribution in [3.63, 3.8) is 0 Å². The second-order valence-electron chi connectivity index (χ2n) is 15.4.